The van der Waals surface area contributed by atoms with Gasteiger partial charge in [0.05, 0.1) is 5.41 Å². The average Bonchev–Trinajstić information content (AvgIpc) is 3.23. The predicted octanol–water partition coefficient (Wildman–Crippen LogP) is 4.10. The first-order valence-corrected chi connectivity index (χ1v) is 8.60. The molecular weight excluding hydrogens is 303 g/mol. The number of carbonyl (C=O) groups excluding carboxylic acids is 1. The van der Waals surface area contributed by atoms with E-state index in [4.69, 9.17) is 0 Å². The highest BCUT2D eigenvalue weighted by atomic mass is 19.1. The number of carbonyl (C=O) groups is 1. The number of nitrogens with one attached hydrogen (secondary N) is 1. The minimum Gasteiger partial charge on any atom is -0.372 e. The molecule has 1 saturated heterocycles. The van der Waals surface area contributed by atoms with Crippen molar-refractivity contribution < 1.29 is 9.18 Å². The molecule has 0 bridgehead atoms. The summed E-state index contributed by atoms with van der Waals surface area (Å²) in [5.41, 5.74) is 2.44. The van der Waals surface area contributed by atoms with Gasteiger partial charge in [-0.05, 0) is 67.6 Å². The van der Waals surface area contributed by atoms with E-state index < -0.39 is 5.41 Å². The van der Waals surface area contributed by atoms with Gasteiger partial charge in [0.2, 0.25) is 5.91 Å². The fourth-order valence-corrected chi connectivity index (χ4v) is 3.52. The number of benzene rings is 2. The van der Waals surface area contributed by atoms with E-state index in [1.807, 2.05) is 12.1 Å². The van der Waals surface area contributed by atoms with Crippen LogP contribution in [0.2, 0.25) is 0 Å². The average molecular weight is 324 g/mol. The van der Waals surface area contributed by atoms with Crippen LogP contribution in [0.15, 0.2) is 48.5 Å². The van der Waals surface area contributed by atoms with Gasteiger partial charge in [0.1, 0.15) is 5.82 Å². The fraction of sp³-hybridized carbons (Fsp3) is 0.350. The zero-order valence-electron chi connectivity index (χ0n) is 13.6. The Morgan fingerprint density at radius 1 is 0.958 bits per heavy atom. The van der Waals surface area contributed by atoms with E-state index in [2.05, 4.69) is 22.3 Å². The minimum absolute atomic E-state index is 0.00281. The Morgan fingerprint density at radius 2 is 1.58 bits per heavy atom. The lowest BCUT2D eigenvalue weighted by Gasteiger charge is -2.19. The minimum atomic E-state index is -0.485. The second-order valence-corrected chi connectivity index (χ2v) is 6.78. The molecule has 24 heavy (non-hydrogen) atoms. The maximum Gasteiger partial charge on any atom is 0.235 e. The van der Waals surface area contributed by atoms with Gasteiger partial charge in [-0.1, -0.05) is 12.1 Å². The number of hydrogen-bond acceptors (Lipinski definition) is 2. The Hall–Kier alpha value is -2.36. The highest BCUT2D eigenvalue weighted by molar-refractivity contribution is 6.01. The van der Waals surface area contributed by atoms with Crippen LogP contribution in [0, 0.1) is 5.82 Å². The number of nitrogens with zero attached hydrogens (tertiary/aromatic N) is 1. The van der Waals surface area contributed by atoms with Crippen molar-refractivity contribution in [2.24, 2.45) is 0 Å². The summed E-state index contributed by atoms with van der Waals surface area (Å²) in [5, 5.41) is 3.02. The molecule has 0 aromatic heterocycles. The van der Waals surface area contributed by atoms with Crippen molar-refractivity contribution in [3.05, 3.63) is 59.9 Å². The van der Waals surface area contributed by atoms with Gasteiger partial charge in [0.15, 0.2) is 0 Å². The van der Waals surface area contributed by atoms with Crippen LogP contribution in [0.25, 0.3) is 0 Å². The van der Waals surface area contributed by atoms with Gasteiger partial charge >= 0.3 is 0 Å². The first-order valence-electron chi connectivity index (χ1n) is 8.60. The fourth-order valence-electron chi connectivity index (χ4n) is 3.52. The first kappa shape index (κ1) is 15.2. The molecule has 0 unspecified atom stereocenters. The first-order chi connectivity index (χ1) is 11.7. The van der Waals surface area contributed by atoms with E-state index in [1.165, 1.54) is 30.7 Å². The summed E-state index contributed by atoms with van der Waals surface area (Å²) in [4.78, 5) is 15.1. The summed E-state index contributed by atoms with van der Waals surface area (Å²) < 4.78 is 13.1. The van der Waals surface area contributed by atoms with Gasteiger partial charge in [-0.2, -0.15) is 0 Å². The van der Waals surface area contributed by atoms with Gasteiger partial charge in [-0.3, -0.25) is 4.79 Å². The molecule has 4 rings (SSSR count). The number of hydrogen-bond donors (Lipinski definition) is 1. The van der Waals surface area contributed by atoms with Crippen LogP contribution >= 0.6 is 0 Å². The third-order valence-corrected chi connectivity index (χ3v) is 5.18. The van der Waals surface area contributed by atoms with Crippen molar-refractivity contribution in [2.75, 3.05) is 23.3 Å². The highest BCUT2D eigenvalue weighted by Gasteiger charge is 2.51. The molecule has 2 fully saturated rings. The van der Waals surface area contributed by atoms with Gasteiger partial charge in [-0.15, -0.1) is 0 Å². The summed E-state index contributed by atoms with van der Waals surface area (Å²) in [6.07, 6.45) is 4.13. The smallest absolute Gasteiger partial charge is 0.235 e. The number of anilines is 2. The van der Waals surface area contributed by atoms with Crippen molar-refractivity contribution in [3.8, 4) is 0 Å². The maximum absolute atomic E-state index is 13.1. The second kappa shape index (κ2) is 5.93. The molecule has 1 amide bonds. The molecule has 0 atom stereocenters. The molecule has 2 aliphatic rings. The Balaban J connectivity index is 1.46. The molecule has 1 saturated carbocycles. The van der Waals surface area contributed by atoms with Crippen molar-refractivity contribution in [1.82, 2.24) is 0 Å². The van der Waals surface area contributed by atoms with E-state index >= 15 is 0 Å². The molecule has 1 aliphatic heterocycles. The lowest BCUT2D eigenvalue weighted by molar-refractivity contribution is -0.118. The molecule has 124 valence electrons. The molecule has 2 aromatic carbocycles. The Bertz CT molecular complexity index is 729. The standard InChI is InChI=1S/C20H21FN2O/c21-16-5-3-15(4-6-16)20(11-12-20)19(24)22-17-7-9-18(10-8-17)23-13-1-2-14-23/h3-10H,1-2,11-14H2,(H,22,24). The summed E-state index contributed by atoms with van der Waals surface area (Å²) in [5.74, 6) is -0.268. The summed E-state index contributed by atoms with van der Waals surface area (Å²) in [7, 11) is 0. The second-order valence-electron chi connectivity index (χ2n) is 6.78. The van der Waals surface area contributed by atoms with E-state index in [9.17, 15) is 9.18 Å². The SMILES string of the molecule is O=C(Nc1ccc(N2CCCC2)cc1)C1(c2ccc(F)cc2)CC1. The molecule has 0 radical (unpaired) electrons. The summed E-state index contributed by atoms with van der Waals surface area (Å²) >= 11 is 0. The lowest BCUT2D eigenvalue weighted by atomic mass is 9.95. The molecule has 0 spiro atoms. The maximum atomic E-state index is 13.1. The Labute approximate surface area is 141 Å². The van der Waals surface area contributed by atoms with Crippen LogP contribution < -0.4 is 10.2 Å². The largest absolute Gasteiger partial charge is 0.372 e. The van der Waals surface area contributed by atoms with Gasteiger partial charge in [0.25, 0.3) is 0 Å². The summed E-state index contributed by atoms with van der Waals surface area (Å²) in [6, 6.07) is 14.4. The van der Waals surface area contributed by atoms with Crippen LogP contribution in [0.3, 0.4) is 0 Å². The number of amides is 1. The van der Waals surface area contributed by atoms with Crippen LogP contribution in [-0.2, 0) is 10.2 Å². The normalized spacial score (nSPS) is 18.5. The monoisotopic (exact) mass is 324 g/mol. The lowest BCUT2D eigenvalue weighted by Crippen LogP contribution is -2.27. The van der Waals surface area contributed by atoms with Crippen LogP contribution in [0.4, 0.5) is 15.8 Å². The molecule has 1 aliphatic carbocycles. The molecule has 1 N–H and O–H groups in total. The van der Waals surface area contributed by atoms with Crippen molar-refractivity contribution in [1.29, 1.82) is 0 Å². The zero-order valence-corrected chi connectivity index (χ0v) is 13.6. The highest BCUT2D eigenvalue weighted by Crippen LogP contribution is 2.49. The third-order valence-electron chi connectivity index (χ3n) is 5.18. The number of halogens is 1. The van der Waals surface area contributed by atoms with E-state index in [0.717, 1.165) is 37.2 Å². The molecule has 1 heterocycles. The van der Waals surface area contributed by atoms with Gasteiger partial charge in [-0.25, -0.2) is 4.39 Å². The molecule has 4 heteroatoms. The van der Waals surface area contributed by atoms with Crippen LogP contribution in [0.5, 0.6) is 0 Å². The topological polar surface area (TPSA) is 32.3 Å². The molecule has 3 nitrogen and oxygen atoms in total. The third kappa shape index (κ3) is 2.77. The van der Waals surface area contributed by atoms with Crippen molar-refractivity contribution in [3.63, 3.8) is 0 Å². The van der Waals surface area contributed by atoms with E-state index in [0.29, 0.717) is 0 Å². The Kier molecular flexibility index (Phi) is 3.75. The van der Waals surface area contributed by atoms with Gasteiger partial charge in [0, 0.05) is 24.5 Å². The van der Waals surface area contributed by atoms with E-state index in [1.54, 1.807) is 12.1 Å². The van der Waals surface area contributed by atoms with Crippen LogP contribution in [-0.4, -0.2) is 19.0 Å². The van der Waals surface area contributed by atoms with Crippen molar-refractivity contribution >= 4 is 17.3 Å². The molecular formula is C20H21FN2O. The predicted molar refractivity (Wildman–Crippen MR) is 93.8 cm³/mol. The number of rotatable bonds is 4. The summed E-state index contributed by atoms with van der Waals surface area (Å²) in [6.45, 7) is 2.22. The van der Waals surface area contributed by atoms with Crippen LogP contribution in [0.1, 0.15) is 31.2 Å². The van der Waals surface area contributed by atoms with E-state index in [-0.39, 0.29) is 11.7 Å². The zero-order chi connectivity index (χ0) is 16.6. The Morgan fingerprint density at radius 3 is 2.17 bits per heavy atom. The van der Waals surface area contributed by atoms with Gasteiger partial charge < -0.3 is 10.2 Å². The molecule has 2 aromatic rings. The van der Waals surface area contributed by atoms with Crippen molar-refractivity contribution in [2.45, 2.75) is 31.1 Å². The quantitative estimate of drug-likeness (QED) is 0.918.